The van der Waals surface area contributed by atoms with E-state index in [0.717, 1.165) is 0 Å². The standard InChI is InChI=1S/C13H14O6/c14-9-11(16)13(17,8-6-18-12(9)19-8)10(15)7-4-2-1-3-5-7/h1-5,8-9,11-12,14,16-17H,6H2/t8-,9+,11-,12-,13+/m1/s1. The van der Waals surface area contributed by atoms with Crippen LogP contribution in [0, 0.1) is 0 Å². The summed E-state index contributed by atoms with van der Waals surface area (Å²) in [4.78, 5) is 12.4. The van der Waals surface area contributed by atoms with Gasteiger partial charge < -0.3 is 24.8 Å². The van der Waals surface area contributed by atoms with E-state index in [4.69, 9.17) is 9.47 Å². The van der Waals surface area contributed by atoms with Crippen LogP contribution in [-0.2, 0) is 9.47 Å². The monoisotopic (exact) mass is 266 g/mol. The van der Waals surface area contributed by atoms with Crippen LogP contribution in [0.25, 0.3) is 0 Å². The third-order valence-corrected chi connectivity index (χ3v) is 3.65. The maximum atomic E-state index is 12.4. The maximum Gasteiger partial charge on any atom is 0.199 e. The number of ether oxygens (including phenoxy) is 2. The van der Waals surface area contributed by atoms with Crippen molar-refractivity contribution in [3.63, 3.8) is 0 Å². The Morgan fingerprint density at radius 3 is 2.63 bits per heavy atom. The Morgan fingerprint density at radius 1 is 1.26 bits per heavy atom. The molecule has 1 aromatic carbocycles. The van der Waals surface area contributed by atoms with E-state index in [1.165, 1.54) is 12.1 Å². The second-order valence-corrected chi connectivity index (χ2v) is 4.78. The molecule has 102 valence electrons. The Kier molecular flexibility index (Phi) is 2.92. The lowest BCUT2D eigenvalue weighted by Crippen LogP contribution is -2.67. The second-order valence-electron chi connectivity index (χ2n) is 4.78. The molecule has 2 aliphatic heterocycles. The molecule has 3 N–H and O–H groups in total. The van der Waals surface area contributed by atoms with Crippen molar-refractivity contribution in [1.29, 1.82) is 0 Å². The Morgan fingerprint density at radius 2 is 1.95 bits per heavy atom. The van der Waals surface area contributed by atoms with Crippen LogP contribution in [-0.4, -0.2) is 57.9 Å². The minimum Gasteiger partial charge on any atom is -0.387 e. The molecule has 0 spiro atoms. The van der Waals surface area contributed by atoms with Gasteiger partial charge in [0.05, 0.1) is 6.61 Å². The van der Waals surface area contributed by atoms with Crippen LogP contribution in [0.1, 0.15) is 10.4 Å². The van der Waals surface area contributed by atoms with Crippen molar-refractivity contribution in [2.75, 3.05) is 6.61 Å². The Balaban J connectivity index is 1.99. The summed E-state index contributed by atoms with van der Waals surface area (Å²) in [7, 11) is 0. The van der Waals surface area contributed by atoms with Gasteiger partial charge in [0, 0.05) is 5.56 Å². The summed E-state index contributed by atoms with van der Waals surface area (Å²) in [6, 6.07) is 8.09. The molecule has 1 aromatic rings. The summed E-state index contributed by atoms with van der Waals surface area (Å²) < 4.78 is 10.3. The number of rotatable bonds is 2. The largest absolute Gasteiger partial charge is 0.387 e. The zero-order chi connectivity index (χ0) is 13.6. The summed E-state index contributed by atoms with van der Waals surface area (Å²) in [5.41, 5.74) is -1.96. The van der Waals surface area contributed by atoms with Crippen LogP contribution < -0.4 is 0 Å². The first-order valence-electron chi connectivity index (χ1n) is 6.00. The Bertz CT molecular complexity index is 489. The first-order valence-corrected chi connectivity index (χ1v) is 6.00. The van der Waals surface area contributed by atoms with Gasteiger partial charge in [0.15, 0.2) is 17.7 Å². The van der Waals surface area contributed by atoms with Crippen LogP contribution in [0.4, 0.5) is 0 Å². The summed E-state index contributed by atoms with van der Waals surface area (Å²) >= 11 is 0. The summed E-state index contributed by atoms with van der Waals surface area (Å²) in [6.45, 7) is -0.0478. The number of hydrogen-bond acceptors (Lipinski definition) is 6. The first kappa shape index (κ1) is 12.7. The van der Waals surface area contributed by atoms with Crippen LogP contribution in [0.15, 0.2) is 30.3 Å². The molecule has 0 aromatic heterocycles. The highest BCUT2D eigenvalue weighted by Crippen LogP contribution is 2.37. The highest BCUT2D eigenvalue weighted by molar-refractivity contribution is 6.03. The smallest absolute Gasteiger partial charge is 0.199 e. The van der Waals surface area contributed by atoms with Gasteiger partial charge in [-0.05, 0) is 0 Å². The number of benzene rings is 1. The number of carbonyl (C=O) groups is 1. The molecule has 2 heterocycles. The lowest BCUT2D eigenvalue weighted by molar-refractivity contribution is -0.249. The van der Waals surface area contributed by atoms with Crippen molar-refractivity contribution in [3.05, 3.63) is 35.9 Å². The van der Waals surface area contributed by atoms with Crippen LogP contribution >= 0.6 is 0 Å². The molecule has 3 rings (SSSR count). The third-order valence-electron chi connectivity index (χ3n) is 3.65. The topological polar surface area (TPSA) is 96.2 Å². The number of carbonyl (C=O) groups excluding carboxylic acids is 1. The number of hydrogen-bond donors (Lipinski definition) is 3. The van der Waals surface area contributed by atoms with Gasteiger partial charge in [0.25, 0.3) is 0 Å². The van der Waals surface area contributed by atoms with E-state index in [-0.39, 0.29) is 12.2 Å². The fourth-order valence-corrected chi connectivity index (χ4v) is 2.53. The van der Waals surface area contributed by atoms with E-state index >= 15 is 0 Å². The minimum atomic E-state index is -2.20. The normalized spacial score (nSPS) is 41.2. The molecule has 6 heteroatoms. The molecule has 2 bridgehead atoms. The van der Waals surface area contributed by atoms with Gasteiger partial charge in [-0.1, -0.05) is 30.3 Å². The van der Waals surface area contributed by atoms with Crippen molar-refractivity contribution in [3.8, 4) is 0 Å². The van der Waals surface area contributed by atoms with E-state index in [1.54, 1.807) is 18.2 Å². The van der Waals surface area contributed by atoms with Gasteiger partial charge in [-0.25, -0.2) is 0 Å². The summed E-state index contributed by atoms with van der Waals surface area (Å²) in [5, 5.41) is 30.4. The average molecular weight is 266 g/mol. The lowest BCUT2D eigenvalue weighted by atomic mass is 9.79. The summed E-state index contributed by atoms with van der Waals surface area (Å²) in [5.74, 6) is -0.686. The molecular weight excluding hydrogens is 252 g/mol. The van der Waals surface area contributed by atoms with Crippen molar-refractivity contribution in [2.24, 2.45) is 0 Å². The van der Waals surface area contributed by atoms with Crippen molar-refractivity contribution < 1.29 is 29.6 Å². The maximum absolute atomic E-state index is 12.4. The fourth-order valence-electron chi connectivity index (χ4n) is 2.53. The van der Waals surface area contributed by atoms with Crippen LogP contribution in [0.3, 0.4) is 0 Å². The van der Waals surface area contributed by atoms with Crippen molar-refractivity contribution in [1.82, 2.24) is 0 Å². The lowest BCUT2D eigenvalue weighted by Gasteiger charge is -2.41. The molecular formula is C13H14O6. The zero-order valence-electron chi connectivity index (χ0n) is 9.97. The molecule has 2 fully saturated rings. The molecule has 5 atom stereocenters. The highest BCUT2D eigenvalue weighted by Gasteiger charge is 2.62. The predicted octanol–water partition coefficient (Wildman–Crippen LogP) is -0.923. The van der Waals surface area contributed by atoms with Crippen LogP contribution in [0.5, 0.6) is 0 Å². The molecule has 0 amide bonds. The second kappa shape index (κ2) is 4.36. The SMILES string of the molecule is O=C(c1ccccc1)[C@]1(O)[C@H](O)[C@H](O)[C@@H]2OC[C@H]1O2. The van der Waals surface area contributed by atoms with Gasteiger partial charge in [-0.3, -0.25) is 4.79 Å². The minimum absolute atomic E-state index is 0.0478. The molecule has 0 unspecified atom stereocenters. The number of fused-ring (bicyclic) bond motifs is 2. The molecule has 0 aliphatic carbocycles. The number of Topliss-reactive ketones (excluding diaryl/α,β-unsaturated/α-hetero) is 1. The number of aliphatic hydroxyl groups excluding tert-OH is 2. The first-order chi connectivity index (χ1) is 9.05. The van der Waals surface area contributed by atoms with Crippen molar-refractivity contribution >= 4 is 5.78 Å². The molecule has 2 aliphatic rings. The predicted molar refractivity (Wildman–Crippen MR) is 62.3 cm³/mol. The van der Waals surface area contributed by atoms with E-state index in [1.807, 2.05) is 0 Å². The highest BCUT2D eigenvalue weighted by atomic mass is 16.7. The summed E-state index contributed by atoms with van der Waals surface area (Å²) in [6.07, 6.45) is -5.09. The van der Waals surface area contributed by atoms with Gasteiger partial charge in [-0.15, -0.1) is 0 Å². The third kappa shape index (κ3) is 1.73. The average Bonchev–Trinajstić information content (AvgIpc) is 2.91. The Labute approximate surface area is 109 Å². The molecule has 19 heavy (non-hydrogen) atoms. The number of ketones is 1. The van der Waals surface area contributed by atoms with Gasteiger partial charge >= 0.3 is 0 Å². The Hall–Kier alpha value is -1.31. The number of aliphatic hydroxyl groups is 3. The van der Waals surface area contributed by atoms with Gasteiger partial charge in [0.1, 0.15) is 18.3 Å². The van der Waals surface area contributed by atoms with Gasteiger partial charge in [-0.2, -0.15) is 0 Å². The zero-order valence-corrected chi connectivity index (χ0v) is 9.97. The molecule has 6 nitrogen and oxygen atoms in total. The van der Waals surface area contributed by atoms with E-state index in [0.29, 0.717) is 0 Å². The van der Waals surface area contributed by atoms with Crippen molar-refractivity contribution in [2.45, 2.75) is 30.2 Å². The van der Waals surface area contributed by atoms with E-state index in [2.05, 4.69) is 0 Å². The molecule has 0 saturated carbocycles. The van der Waals surface area contributed by atoms with Crippen LogP contribution in [0.2, 0.25) is 0 Å². The molecule has 0 radical (unpaired) electrons. The van der Waals surface area contributed by atoms with Gasteiger partial charge in [0.2, 0.25) is 0 Å². The van der Waals surface area contributed by atoms with E-state index in [9.17, 15) is 20.1 Å². The fraction of sp³-hybridized carbons (Fsp3) is 0.462. The molecule has 2 saturated heterocycles. The quantitative estimate of drug-likeness (QED) is 0.599. The van der Waals surface area contributed by atoms with E-state index < -0.39 is 36.0 Å².